The summed E-state index contributed by atoms with van der Waals surface area (Å²) in [5.74, 6) is -0.389. The van der Waals surface area contributed by atoms with Crippen molar-refractivity contribution in [2.45, 2.75) is 18.2 Å². The lowest BCUT2D eigenvalue weighted by atomic mass is 10.1. The Bertz CT molecular complexity index is 1120. The highest BCUT2D eigenvalue weighted by molar-refractivity contribution is 7.90. The Morgan fingerprint density at radius 1 is 1.16 bits per heavy atom. The molecule has 2 aromatic carbocycles. The lowest BCUT2D eigenvalue weighted by molar-refractivity contribution is 0.0998. The van der Waals surface area contributed by atoms with Crippen LogP contribution in [0.3, 0.4) is 0 Å². The van der Waals surface area contributed by atoms with Crippen LogP contribution in [-0.2, 0) is 23.3 Å². The predicted molar refractivity (Wildman–Crippen MR) is 99.6 cm³/mol. The number of benzene rings is 2. The topological polar surface area (TPSA) is 68.5 Å². The smallest absolute Gasteiger partial charge is 0.279 e. The quantitative estimate of drug-likeness (QED) is 0.708. The van der Waals surface area contributed by atoms with E-state index in [1.807, 2.05) is 23.7 Å². The molecular formula is C18H18N2O3S2. The van der Waals surface area contributed by atoms with E-state index in [0.717, 1.165) is 22.9 Å². The molecule has 7 heteroatoms. The van der Waals surface area contributed by atoms with Gasteiger partial charge in [-0.1, -0.05) is 30.4 Å². The van der Waals surface area contributed by atoms with Gasteiger partial charge in [-0.3, -0.25) is 4.79 Å². The number of fused-ring (bicyclic) bond motifs is 1. The average molecular weight is 374 g/mol. The molecule has 3 aromatic rings. The molecule has 5 nitrogen and oxygen atoms in total. The van der Waals surface area contributed by atoms with Crippen LogP contribution in [0.5, 0.6) is 0 Å². The first-order valence-corrected chi connectivity index (χ1v) is 10.5. The van der Waals surface area contributed by atoms with Crippen LogP contribution in [0.25, 0.3) is 10.2 Å². The molecule has 130 valence electrons. The van der Waals surface area contributed by atoms with Crippen LogP contribution < -0.4 is 4.80 Å². The zero-order chi connectivity index (χ0) is 18.2. The van der Waals surface area contributed by atoms with E-state index in [1.54, 1.807) is 0 Å². The second kappa shape index (κ2) is 6.57. The number of hydrogen-bond donors (Lipinski definition) is 0. The Morgan fingerprint density at radius 2 is 1.84 bits per heavy atom. The highest BCUT2D eigenvalue weighted by atomic mass is 32.2. The molecular weight excluding hydrogens is 356 g/mol. The van der Waals surface area contributed by atoms with Crippen LogP contribution >= 0.6 is 11.3 Å². The van der Waals surface area contributed by atoms with E-state index < -0.39 is 9.84 Å². The monoisotopic (exact) mass is 374 g/mol. The van der Waals surface area contributed by atoms with Crippen LogP contribution in [0.2, 0.25) is 0 Å². The third-order valence-corrected chi connectivity index (χ3v) is 6.24. The third-order valence-electron chi connectivity index (χ3n) is 4.01. The van der Waals surface area contributed by atoms with E-state index in [0.29, 0.717) is 10.4 Å². The van der Waals surface area contributed by atoms with Crippen LogP contribution in [0.1, 0.15) is 22.8 Å². The maximum absolute atomic E-state index is 12.4. The number of aromatic nitrogens is 1. The molecule has 3 rings (SSSR count). The lowest BCUT2D eigenvalue weighted by Gasteiger charge is -2.02. The summed E-state index contributed by atoms with van der Waals surface area (Å²) in [7, 11) is -1.38. The third kappa shape index (κ3) is 3.43. The minimum Gasteiger partial charge on any atom is -0.319 e. The molecule has 0 N–H and O–H groups in total. The lowest BCUT2D eigenvalue weighted by Crippen LogP contribution is -2.14. The van der Waals surface area contributed by atoms with E-state index in [9.17, 15) is 13.2 Å². The van der Waals surface area contributed by atoms with Gasteiger partial charge in [-0.05, 0) is 42.3 Å². The van der Waals surface area contributed by atoms with Gasteiger partial charge in [0.05, 0.1) is 15.1 Å². The molecule has 0 saturated carbocycles. The number of para-hydroxylation sites is 1. The van der Waals surface area contributed by atoms with Crippen molar-refractivity contribution in [3.63, 3.8) is 0 Å². The molecule has 1 amide bonds. The van der Waals surface area contributed by atoms with Crippen molar-refractivity contribution < 1.29 is 13.2 Å². The Labute approximate surface area is 150 Å². The summed E-state index contributed by atoms with van der Waals surface area (Å²) in [5, 5.41) is 0. The summed E-state index contributed by atoms with van der Waals surface area (Å²) in [4.78, 5) is 17.5. The number of nitrogens with zero attached hydrogens (tertiary/aromatic N) is 2. The van der Waals surface area contributed by atoms with Gasteiger partial charge in [-0.2, -0.15) is 4.99 Å². The summed E-state index contributed by atoms with van der Waals surface area (Å²) in [6, 6.07) is 11.9. The van der Waals surface area contributed by atoms with Gasteiger partial charge >= 0.3 is 0 Å². The maximum atomic E-state index is 12.4. The summed E-state index contributed by atoms with van der Waals surface area (Å²) < 4.78 is 26.0. The fourth-order valence-corrected chi connectivity index (χ4v) is 4.37. The van der Waals surface area contributed by atoms with Crippen LogP contribution in [-0.4, -0.2) is 25.1 Å². The van der Waals surface area contributed by atoms with Gasteiger partial charge in [0.1, 0.15) is 0 Å². The zero-order valence-electron chi connectivity index (χ0n) is 14.2. The molecule has 0 unspecified atom stereocenters. The standard InChI is InChI=1S/C18H18N2O3S2/c1-4-12-6-5-7-15-16(12)20(2)18(24-15)19-17(21)13-8-10-14(11-9-13)25(3,22)23/h5-11H,4H2,1-3H3. The summed E-state index contributed by atoms with van der Waals surface area (Å²) >= 11 is 1.46. The van der Waals surface area contributed by atoms with Crippen molar-refractivity contribution in [3.8, 4) is 0 Å². The first-order valence-electron chi connectivity index (χ1n) is 7.78. The Balaban J connectivity index is 2.05. The second-order valence-corrected chi connectivity index (χ2v) is 8.80. The number of carbonyl (C=O) groups excluding carboxylic acids is 1. The van der Waals surface area contributed by atoms with Crippen molar-refractivity contribution in [2.75, 3.05) is 6.26 Å². The number of rotatable bonds is 3. The van der Waals surface area contributed by atoms with Crippen molar-refractivity contribution >= 4 is 37.3 Å². The number of aryl methyl sites for hydroxylation is 2. The van der Waals surface area contributed by atoms with E-state index in [1.165, 1.54) is 41.2 Å². The van der Waals surface area contributed by atoms with Crippen molar-refractivity contribution in [1.82, 2.24) is 4.57 Å². The molecule has 25 heavy (non-hydrogen) atoms. The number of thiazole rings is 1. The van der Waals surface area contributed by atoms with Crippen LogP contribution in [0.15, 0.2) is 52.4 Å². The van der Waals surface area contributed by atoms with Gasteiger partial charge in [0, 0.05) is 18.9 Å². The first kappa shape index (κ1) is 17.6. The van der Waals surface area contributed by atoms with E-state index in [4.69, 9.17) is 0 Å². The van der Waals surface area contributed by atoms with Crippen molar-refractivity contribution in [3.05, 3.63) is 58.4 Å². The average Bonchev–Trinajstić information content (AvgIpc) is 2.90. The highest BCUT2D eigenvalue weighted by Gasteiger charge is 2.11. The molecule has 0 aliphatic carbocycles. The number of sulfone groups is 1. The molecule has 0 radical (unpaired) electrons. The SMILES string of the molecule is CCc1cccc2sc(=NC(=O)c3ccc(S(C)(=O)=O)cc3)n(C)c12. The molecule has 0 fully saturated rings. The molecule has 0 atom stereocenters. The molecule has 1 heterocycles. The van der Waals surface area contributed by atoms with Gasteiger partial charge in [0.2, 0.25) is 0 Å². The molecule has 0 saturated heterocycles. The van der Waals surface area contributed by atoms with Crippen molar-refractivity contribution in [1.29, 1.82) is 0 Å². The van der Waals surface area contributed by atoms with E-state index in [-0.39, 0.29) is 10.8 Å². The minimum atomic E-state index is -3.28. The molecule has 0 bridgehead atoms. The normalized spacial score (nSPS) is 12.7. The fraction of sp³-hybridized carbons (Fsp3) is 0.222. The summed E-state index contributed by atoms with van der Waals surface area (Å²) in [5.41, 5.74) is 2.66. The highest BCUT2D eigenvalue weighted by Crippen LogP contribution is 2.21. The van der Waals surface area contributed by atoms with Gasteiger partial charge in [-0.15, -0.1) is 0 Å². The van der Waals surface area contributed by atoms with E-state index in [2.05, 4.69) is 18.0 Å². The predicted octanol–water partition coefficient (Wildman–Crippen LogP) is 2.95. The van der Waals surface area contributed by atoms with Gasteiger partial charge in [0.15, 0.2) is 14.6 Å². The summed E-state index contributed by atoms with van der Waals surface area (Å²) in [6.45, 7) is 2.09. The van der Waals surface area contributed by atoms with Gasteiger partial charge in [-0.25, -0.2) is 8.42 Å². The van der Waals surface area contributed by atoms with E-state index >= 15 is 0 Å². The summed E-state index contributed by atoms with van der Waals surface area (Å²) in [6.07, 6.45) is 2.04. The van der Waals surface area contributed by atoms with Crippen molar-refractivity contribution in [2.24, 2.45) is 12.0 Å². The van der Waals surface area contributed by atoms with Gasteiger partial charge < -0.3 is 4.57 Å². The Morgan fingerprint density at radius 3 is 2.44 bits per heavy atom. The Kier molecular flexibility index (Phi) is 4.62. The molecule has 0 aliphatic rings. The van der Waals surface area contributed by atoms with Crippen LogP contribution in [0.4, 0.5) is 0 Å². The number of hydrogen-bond acceptors (Lipinski definition) is 4. The minimum absolute atomic E-state index is 0.184. The maximum Gasteiger partial charge on any atom is 0.279 e. The molecule has 0 spiro atoms. The van der Waals surface area contributed by atoms with Gasteiger partial charge in [0.25, 0.3) is 5.91 Å². The second-order valence-electron chi connectivity index (χ2n) is 5.77. The largest absolute Gasteiger partial charge is 0.319 e. The fourth-order valence-electron chi connectivity index (χ4n) is 2.67. The first-order chi connectivity index (χ1) is 11.8. The zero-order valence-corrected chi connectivity index (χ0v) is 15.8. The van der Waals surface area contributed by atoms with Crippen LogP contribution in [0, 0.1) is 0 Å². The Hall–Kier alpha value is -2.25. The molecule has 1 aromatic heterocycles. The number of amides is 1. The molecule has 0 aliphatic heterocycles. The number of carbonyl (C=O) groups is 1.